The van der Waals surface area contributed by atoms with E-state index in [2.05, 4.69) is 12.2 Å². The highest BCUT2D eigenvalue weighted by Gasteiger charge is 2.39. The third-order valence-electron chi connectivity index (χ3n) is 3.05. The summed E-state index contributed by atoms with van der Waals surface area (Å²) in [5.74, 6) is 1.75. The first-order valence-corrected chi connectivity index (χ1v) is 5.54. The van der Waals surface area contributed by atoms with Gasteiger partial charge in [-0.3, -0.25) is 4.79 Å². The lowest BCUT2D eigenvalue weighted by Gasteiger charge is -2.08. The van der Waals surface area contributed by atoms with Gasteiger partial charge in [-0.2, -0.15) is 0 Å². The molecule has 0 aromatic rings. The van der Waals surface area contributed by atoms with Crippen molar-refractivity contribution in [3.63, 3.8) is 0 Å². The fraction of sp³-hybridized carbons (Fsp3) is 0.900. The number of rotatable bonds is 4. The van der Waals surface area contributed by atoms with Gasteiger partial charge < -0.3 is 5.32 Å². The molecule has 2 aliphatic carbocycles. The van der Waals surface area contributed by atoms with Crippen LogP contribution in [0.3, 0.4) is 0 Å². The molecule has 0 aromatic carbocycles. The molecule has 2 nitrogen and oxygen atoms in total. The molecule has 3 atom stereocenters. The minimum atomic E-state index is 0.165. The molecule has 13 heavy (non-hydrogen) atoms. The lowest BCUT2D eigenvalue weighted by molar-refractivity contribution is -0.122. The Labute approximate surface area is 84.0 Å². The van der Waals surface area contributed by atoms with E-state index in [1.54, 1.807) is 0 Å². The van der Waals surface area contributed by atoms with E-state index in [0.717, 1.165) is 6.42 Å². The first-order valence-electron chi connectivity index (χ1n) is 5.10. The predicted molar refractivity (Wildman–Crippen MR) is 52.6 cm³/mol. The molecule has 74 valence electrons. The van der Waals surface area contributed by atoms with Gasteiger partial charge in [0.15, 0.2) is 0 Å². The van der Waals surface area contributed by atoms with Crippen LogP contribution in [0.25, 0.3) is 0 Å². The van der Waals surface area contributed by atoms with Crippen LogP contribution in [0, 0.1) is 17.8 Å². The summed E-state index contributed by atoms with van der Waals surface area (Å²) in [7, 11) is 0. The van der Waals surface area contributed by atoms with Crippen molar-refractivity contribution >= 4 is 17.5 Å². The van der Waals surface area contributed by atoms with Crippen molar-refractivity contribution in [2.24, 2.45) is 17.8 Å². The second kappa shape index (κ2) is 3.49. The average molecular weight is 202 g/mol. The van der Waals surface area contributed by atoms with Gasteiger partial charge in [-0.05, 0) is 31.1 Å². The van der Waals surface area contributed by atoms with E-state index in [1.165, 1.54) is 12.8 Å². The Kier molecular flexibility index (Phi) is 2.50. The van der Waals surface area contributed by atoms with Crippen LogP contribution in [0.1, 0.15) is 26.2 Å². The smallest absolute Gasteiger partial charge is 0.223 e. The molecule has 0 aromatic heterocycles. The Morgan fingerprint density at radius 2 is 2.23 bits per heavy atom. The predicted octanol–water partition coefficient (Wildman–Crippen LogP) is 1.78. The molecule has 1 amide bonds. The van der Waals surface area contributed by atoms with Gasteiger partial charge >= 0.3 is 0 Å². The Balaban J connectivity index is 1.64. The van der Waals surface area contributed by atoms with E-state index in [9.17, 15) is 4.79 Å². The number of hydrogen-bond acceptors (Lipinski definition) is 1. The molecule has 0 aliphatic heterocycles. The summed E-state index contributed by atoms with van der Waals surface area (Å²) in [6.07, 6.45) is 3.54. The quantitative estimate of drug-likeness (QED) is 0.691. The molecule has 2 fully saturated rings. The molecular weight excluding hydrogens is 186 g/mol. The van der Waals surface area contributed by atoms with Crippen molar-refractivity contribution in [2.45, 2.75) is 31.6 Å². The third-order valence-corrected chi connectivity index (χ3v) is 3.56. The van der Waals surface area contributed by atoms with Crippen LogP contribution in [0.5, 0.6) is 0 Å². The molecular formula is C10H16ClNO. The Hall–Kier alpha value is -0.240. The van der Waals surface area contributed by atoms with E-state index >= 15 is 0 Å². The lowest BCUT2D eigenvalue weighted by atomic mass is 10.2. The number of carbonyl (C=O) groups excluding carboxylic acids is 1. The van der Waals surface area contributed by atoms with Gasteiger partial charge in [-0.25, -0.2) is 0 Å². The van der Waals surface area contributed by atoms with Crippen molar-refractivity contribution in [3.05, 3.63) is 0 Å². The van der Waals surface area contributed by atoms with Crippen LogP contribution in [0.2, 0.25) is 0 Å². The van der Waals surface area contributed by atoms with Gasteiger partial charge in [0.2, 0.25) is 5.91 Å². The van der Waals surface area contributed by atoms with Crippen LogP contribution >= 0.6 is 11.6 Å². The SMILES string of the molecule is CC1CC1C(=O)NCC(Cl)C1CC1. The van der Waals surface area contributed by atoms with Gasteiger partial charge in [0.25, 0.3) is 0 Å². The van der Waals surface area contributed by atoms with E-state index in [0.29, 0.717) is 18.4 Å². The molecule has 0 heterocycles. The summed E-state index contributed by atoms with van der Waals surface area (Å²) < 4.78 is 0. The number of alkyl halides is 1. The molecule has 0 saturated heterocycles. The molecule has 2 rings (SSSR count). The van der Waals surface area contributed by atoms with Gasteiger partial charge in [0.1, 0.15) is 0 Å². The zero-order valence-corrected chi connectivity index (χ0v) is 8.68. The van der Waals surface area contributed by atoms with E-state index in [-0.39, 0.29) is 17.2 Å². The van der Waals surface area contributed by atoms with Crippen molar-refractivity contribution in [3.8, 4) is 0 Å². The third kappa shape index (κ3) is 2.37. The molecule has 2 aliphatic rings. The highest BCUT2D eigenvalue weighted by atomic mass is 35.5. The largest absolute Gasteiger partial charge is 0.354 e. The van der Waals surface area contributed by atoms with Crippen LogP contribution < -0.4 is 5.32 Å². The zero-order valence-electron chi connectivity index (χ0n) is 7.92. The average Bonchev–Trinajstić information content (AvgIpc) is 2.91. The lowest BCUT2D eigenvalue weighted by Crippen LogP contribution is -2.32. The number of halogens is 1. The number of amides is 1. The van der Waals surface area contributed by atoms with Gasteiger partial charge in [0, 0.05) is 12.5 Å². The van der Waals surface area contributed by atoms with Crippen molar-refractivity contribution in [1.29, 1.82) is 0 Å². The standard InChI is InChI=1S/C10H16ClNO/c1-6-4-8(6)10(13)12-5-9(11)7-2-3-7/h6-9H,2-5H2,1H3,(H,12,13). The molecule has 2 saturated carbocycles. The second-order valence-electron chi connectivity index (χ2n) is 4.42. The van der Waals surface area contributed by atoms with Crippen molar-refractivity contribution in [1.82, 2.24) is 5.32 Å². The first-order chi connectivity index (χ1) is 6.18. The molecule has 0 bridgehead atoms. The van der Waals surface area contributed by atoms with E-state index < -0.39 is 0 Å². The topological polar surface area (TPSA) is 29.1 Å². The summed E-state index contributed by atoms with van der Waals surface area (Å²) in [6.45, 7) is 2.78. The summed E-state index contributed by atoms with van der Waals surface area (Å²) in [6, 6.07) is 0. The normalized spacial score (nSPS) is 34.0. The van der Waals surface area contributed by atoms with Crippen LogP contribution in [0.15, 0.2) is 0 Å². The Bertz CT molecular complexity index is 215. The molecule has 3 heteroatoms. The maximum absolute atomic E-state index is 11.4. The van der Waals surface area contributed by atoms with Gasteiger partial charge in [0.05, 0.1) is 5.38 Å². The zero-order chi connectivity index (χ0) is 9.42. The Morgan fingerprint density at radius 3 is 2.69 bits per heavy atom. The monoisotopic (exact) mass is 201 g/mol. The fourth-order valence-corrected chi connectivity index (χ4v) is 1.97. The number of carbonyl (C=O) groups is 1. The summed E-state index contributed by atoms with van der Waals surface area (Å²) in [4.78, 5) is 11.4. The van der Waals surface area contributed by atoms with Crippen molar-refractivity contribution < 1.29 is 4.79 Å². The van der Waals surface area contributed by atoms with Gasteiger partial charge in [-0.15, -0.1) is 11.6 Å². The second-order valence-corrected chi connectivity index (χ2v) is 4.98. The molecule has 0 radical (unpaired) electrons. The molecule has 0 spiro atoms. The maximum Gasteiger partial charge on any atom is 0.223 e. The molecule has 3 unspecified atom stereocenters. The van der Waals surface area contributed by atoms with Crippen LogP contribution in [-0.4, -0.2) is 17.8 Å². The fourth-order valence-electron chi connectivity index (χ4n) is 1.64. The maximum atomic E-state index is 11.4. The van der Waals surface area contributed by atoms with Crippen LogP contribution in [-0.2, 0) is 4.79 Å². The van der Waals surface area contributed by atoms with E-state index in [1.807, 2.05) is 0 Å². The minimum Gasteiger partial charge on any atom is -0.354 e. The highest BCUT2D eigenvalue weighted by molar-refractivity contribution is 6.21. The summed E-state index contributed by atoms with van der Waals surface area (Å²) in [5.41, 5.74) is 0. The summed E-state index contributed by atoms with van der Waals surface area (Å²) >= 11 is 6.07. The highest BCUT2D eigenvalue weighted by Crippen LogP contribution is 2.38. The van der Waals surface area contributed by atoms with E-state index in [4.69, 9.17) is 11.6 Å². The minimum absolute atomic E-state index is 0.165. The number of hydrogen-bond donors (Lipinski definition) is 1. The van der Waals surface area contributed by atoms with Crippen molar-refractivity contribution in [2.75, 3.05) is 6.54 Å². The van der Waals surface area contributed by atoms with Crippen LogP contribution in [0.4, 0.5) is 0 Å². The summed E-state index contributed by atoms with van der Waals surface area (Å²) in [5, 5.41) is 3.09. The molecule has 1 N–H and O–H groups in total. The Morgan fingerprint density at radius 1 is 1.62 bits per heavy atom. The number of nitrogens with one attached hydrogen (secondary N) is 1. The first kappa shape index (κ1) is 9.32. The van der Waals surface area contributed by atoms with Gasteiger partial charge in [-0.1, -0.05) is 6.92 Å².